The molecule has 16 heteroatoms. The van der Waals surface area contributed by atoms with E-state index in [4.69, 9.17) is 35.4 Å². The normalized spacial score (nSPS) is 13.8. The first kappa shape index (κ1) is 44.1. The van der Waals surface area contributed by atoms with Gasteiger partial charge in [-0.15, -0.1) is 0 Å². The molecule has 0 fully saturated rings. The van der Waals surface area contributed by atoms with Crippen LogP contribution in [0.2, 0.25) is 50.9 Å². The molecule has 10 nitrogen and oxygen atoms in total. The van der Waals surface area contributed by atoms with Gasteiger partial charge in [-0.2, -0.15) is 0 Å². The number of benzene rings is 1. The predicted octanol–water partition coefficient (Wildman–Crippen LogP) is 3.28. The summed E-state index contributed by atoms with van der Waals surface area (Å²) in [5, 5.41) is 10.8. The molecule has 1 atom stereocenters. The van der Waals surface area contributed by atoms with Crippen molar-refractivity contribution < 1.29 is 35.4 Å². The van der Waals surface area contributed by atoms with Gasteiger partial charge in [0.15, 0.2) is 0 Å². The summed E-state index contributed by atoms with van der Waals surface area (Å²) < 4.78 is 45.9. The summed E-state index contributed by atoms with van der Waals surface area (Å²) in [6.07, 6.45) is 2.85. The van der Waals surface area contributed by atoms with Gasteiger partial charge in [-0.1, -0.05) is 61.7 Å². The number of nitrogens with one attached hydrogen (secondary N) is 2. The Bertz CT molecular complexity index is 940. The van der Waals surface area contributed by atoms with Crippen LogP contribution in [0.1, 0.15) is 36.4 Å². The minimum Gasteiger partial charge on any atom is -0.397 e. The lowest BCUT2D eigenvalue weighted by atomic mass is 10.0. The van der Waals surface area contributed by atoms with Crippen molar-refractivity contribution in [1.29, 1.82) is 0 Å². The van der Waals surface area contributed by atoms with E-state index in [1.165, 1.54) is 5.56 Å². The second kappa shape index (κ2) is 22.0. The van der Waals surface area contributed by atoms with Gasteiger partial charge in [-0.05, 0) is 50.0 Å². The van der Waals surface area contributed by atoms with Crippen LogP contribution >= 0.6 is 0 Å². The van der Waals surface area contributed by atoms with Crippen molar-refractivity contribution in [3.8, 4) is 0 Å². The Morgan fingerprint density at radius 1 is 0.696 bits per heavy atom. The third kappa shape index (κ3) is 12.5. The van der Waals surface area contributed by atoms with Gasteiger partial charge in [-0.25, -0.2) is 0 Å². The van der Waals surface area contributed by atoms with Gasteiger partial charge in [0.25, 0.3) is 0 Å². The quantitative estimate of drug-likeness (QED) is 0.0836. The summed E-state index contributed by atoms with van der Waals surface area (Å²) in [5.41, 5.74) is 3.18. The molecule has 4 radical (unpaired) electrons. The zero-order chi connectivity index (χ0) is 35.0. The minimum atomic E-state index is -2.60. The van der Waals surface area contributed by atoms with Gasteiger partial charge < -0.3 is 46.0 Å². The molecule has 0 aliphatic carbocycles. The highest BCUT2D eigenvalue weighted by atomic mass is 28.4. The molecule has 0 saturated heterocycles. The van der Waals surface area contributed by atoms with E-state index in [0.29, 0.717) is 9.52 Å². The number of rotatable bonds is 26. The molecular weight excluding hydrogens is 685 g/mol. The number of hydrogen-bond donors (Lipinski definition) is 2. The average Bonchev–Trinajstić information content (AvgIpc) is 3.07. The molecule has 1 aromatic carbocycles. The smallest absolute Gasteiger partial charge is 0.397 e. The minimum absolute atomic E-state index is 0.183. The third-order valence-corrected chi connectivity index (χ3v) is 22.9. The SMILES string of the molecule is CO[Si](CCCNC(NCCC[Si](OC)(OC)OC)[Si]CCc1c(C(C)[Si](C)(OC)OC)ccc([Si](C)C)c1[Si](C)C)(OC)OC. The second-order valence-electron chi connectivity index (χ2n) is 12.0. The van der Waals surface area contributed by atoms with E-state index in [1.807, 2.05) is 0 Å². The molecule has 0 aromatic heterocycles. The fraction of sp³-hybridized carbons (Fsp3) is 0.800. The highest BCUT2D eigenvalue weighted by molar-refractivity contribution is 6.82. The van der Waals surface area contributed by atoms with Gasteiger partial charge in [0.1, 0.15) is 0 Å². The van der Waals surface area contributed by atoms with Crippen LogP contribution in [0, 0.1) is 0 Å². The summed E-state index contributed by atoms with van der Waals surface area (Å²) in [7, 11) is 5.43. The maximum Gasteiger partial charge on any atom is 0.500 e. The molecule has 266 valence electrons. The maximum absolute atomic E-state index is 6.05. The van der Waals surface area contributed by atoms with E-state index in [0.717, 1.165) is 50.5 Å². The van der Waals surface area contributed by atoms with E-state index >= 15 is 0 Å². The van der Waals surface area contributed by atoms with E-state index in [1.54, 1.807) is 72.8 Å². The molecule has 1 unspecified atom stereocenters. The summed E-state index contributed by atoms with van der Waals surface area (Å²) in [6.45, 7) is 15.9. The first-order valence-corrected chi connectivity index (χ1v) is 28.7. The highest BCUT2D eigenvalue weighted by Crippen LogP contribution is 2.30. The molecule has 0 bridgehead atoms. The molecule has 2 N–H and O–H groups in total. The Balaban J connectivity index is 3.22. The van der Waals surface area contributed by atoms with Crippen molar-refractivity contribution in [3.05, 3.63) is 23.3 Å². The summed E-state index contributed by atoms with van der Waals surface area (Å²) in [5.74, 6) is 0.183. The van der Waals surface area contributed by atoms with Gasteiger partial charge in [-0.3, -0.25) is 0 Å². The van der Waals surface area contributed by atoms with Crippen molar-refractivity contribution in [2.45, 2.75) is 88.4 Å². The Labute approximate surface area is 290 Å². The zero-order valence-corrected chi connectivity index (χ0v) is 37.2. The Morgan fingerprint density at radius 2 is 1.15 bits per heavy atom. The van der Waals surface area contributed by atoms with Crippen LogP contribution in [0.5, 0.6) is 0 Å². The van der Waals surface area contributed by atoms with Gasteiger partial charge in [0.05, 0.1) is 27.1 Å². The summed E-state index contributed by atoms with van der Waals surface area (Å²) >= 11 is 0. The van der Waals surface area contributed by atoms with Gasteiger partial charge >= 0.3 is 26.2 Å². The molecule has 0 aliphatic heterocycles. The molecule has 0 amide bonds. The molecule has 0 spiro atoms. The van der Waals surface area contributed by atoms with Crippen LogP contribution in [0.25, 0.3) is 0 Å². The lowest BCUT2D eigenvalue weighted by molar-refractivity contribution is 0.122. The standard InChI is InChI=1S/C30H64N2O8Si6/c1-25(44(14,33-2)34-3)26-17-18-28(42(10)11)29(43(12)13)27(26)19-22-41-30(31-20-15-23-45(35-4,36-5)37-6)32-21-16-24-46(38-7,39-8)40-9/h17-18,25,30-32H,15-16,19-24H2,1-14H3. The first-order chi connectivity index (χ1) is 21.8. The molecule has 0 saturated carbocycles. The second-order valence-corrected chi connectivity index (χ2v) is 28.5. The molecule has 46 heavy (non-hydrogen) atoms. The summed E-state index contributed by atoms with van der Waals surface area (Å²) in [4.78, 5) is 0. The van der Waals surface area contributed by atoms with Gasteiger partial charge in [0, 0.05) is 80.3 Å². The Hall–Kier alpha value is 0.121. The predicted molar refractivity (Wildman–Crippen MR) is 201 cm³/mol. The molecule has 0 heterocycles. The van der Waals surface area contributed by atoms with Crippen LogP contribution in [0.4, 0.5) is 0 Å². The van der Waals surface area contributed by atoms with E-state index in [-0.39, 0.29) is 11.3 Å². The fourth-order valence-electron chi connectivity index (χ4n) is 5.82. The first-order valence-electron chi connectivity index (χ1n) is 16.2. The van der Waals surface area contributed by atoms with Crippen molar-refractivity contribution in [2.24, 2.45) is 0 Å². The van der Waals surface area contributed by atoms with Crippen LogP contribution < -0.4 is 21.0 Å². The lowest BCUT2D eigenvalue weighted by Gasteiger charge is -2.33. The lowest BCUT2D eigenvalue weighted by Crippen LogP contribution is -2.50. The van der Waals surface area contributed by atoms with Crippen molar-refractivity contribution in [1.82, 2.24) is 10.6 Å². The number of hydrogen-bond acceptors (Lipinski definition) is 10. The van der Waals surface area contributed by atoms with Crippen LogP contribution in [-0.2, 0) is 41.8 Å². The molecule has 1 aromatic rings. The zero-order valence-electron chi connectivity index (χ0n) is 31.2. The van der Waals surface area contributed by atoms with E-state index in [9.17, 15) is 0 Å². The van der Waals surface area contributed by atoms with Gasteiger partial charge in [0.2, 0.25) is 0 Å². The van der Waals surface area contributed by atoms with Crippen molar-refractivity contribution >= 4 is 63.7 Å². The largest absolute Gasteiger partial charge is 0.500 e. The summed E-state index contributed by atoms with van der Waals surface area (Å²) in [6, 6.07) is 7.41. The van der Waals surface area contributed by atoms with E-state index < -0.39 is 43.8 Å². The maximum atomic E-state index is 6.05. The molecule has 0 aliphatic rings. The monoisotopic (exact) mass is 748 g/mol. The molecule has 1 rings (SSSR count). The van der Waals surface area contributed by atoms with Crippen molar-refractivity contribution in [3.63, 3.8) is 0 Å². The Kier molecular flexibility index (Phi) is 21.2. The average molecular weight is 749 g/mol. The van der Waals surface area contributed by atoms with Crippen molar-refractivity contribution in [2.75, 3.05) is 70.0 Å². The van der Waals surface area contributed by atoms with Crippen LogP contribution in [0.15, 0.2) is 12.1 Å². The van der Waals surface area contributed by atoms with Crippen LogP contribution in [0.3, 0.4) is 0 Å². The van der Waals surface area contributed by atoms with E-state index in [2.05, 4.69) is 62.4 Å². The molecular formula is C30H64N2O8Si6. The fourth-order valence-corrected chi connectivity index (χ4v) is 16.3. The topological polar surface area (TPSA) is 97.9 Å². The Morgan fingerprint density at radius 3 is 1.52 bits per heavy atom. The highest BCUT2D eigenvalue weighted by Gasteiger charge is 2.40. The van der Waals surface area contributed by atoms with Crippen LogP contribution in [-0.4, -0.2) is 129 Å². The third-order valence-electron chi connectivity index (χ3n) is 9.06.